The van der Waals surface area contributed by atoms with E-state index in [1.54, 1.807) is 32.7 Å². The highest BCUT2D eigenvalue weighted by atomic mass is 19.4. The van der Waals surface area contributed by atoms with Crippen LogP contribution in [0.4, 0.5) is 13.2 Å². The van der Waals surface area contributed by atoms with Gasteiger partial charge in [-0.05, 0) is 32.4 Å². The standard InChI is InChI=1S/C20H20F3NO4/c1-5-27-18(25)14-10(2)24(4)17-11(3)28-19(26)16(17)15(14)12-8-6-7-9-13(12)20(21,22)23/h6-9,11,15H,5H2,1-4H3. The maximum absolute atomic E-state index is 13.7. The van der Waals surface area contributed by atoms with Gasteiger partial charge < -0.3 is 14.4 Å². The van der Waals surface area contributed by atoms with Crippen LogP contribution in [0.15, 0.2) is 46.8 Å². The van der Waals surface area contributed by atoms with E-state index in [0.29, 0.717) is 11.4 Å². The van der Waals surface area contributed by atoms with Crippen molar-refractivity contribution in [2.24, 2.45) is 0 Å². The van der Waals surface area contributed by atoms with E-state index in [1.165, 1.54) is 18.2 Å². The lowest BCUT2D eigenvalue weighted by atomic mass is 9.78. The molecule has 8 heteroatoms. The minimum atomic E-state index is -4.65. The smallest absolute Gasteiger partial charge is 0.416 e. The van der Waals surface area contributed by atoms with E-state index in [-0.39, 0.29) is 23.3 Å². The zero-order valence-corrected chi connectivity index (χ0v) is 15.9. The molecule has 2 unspecified atom stereocenters. The number of allylic oxidation sites excluding steroid dienone is 1. The number of esters is 2. The molecule has 0 radical (unpaired) electrons. The molecule has 1 aromatic rings. The molecule has 1 aromatic carbocycles. The maximum atomic E-state index is 13.7. The van der Waals surface area contributed by atoms with Crippen LogP contribution in [0.5, 0.6) is 0 Å². The Hall–Kier alpha value is -2.77. The van der Waals surface area contributed by atoms with Crippen molar-refractivity contribution in [1.82, 2.24) is 4.90 Å². The Morgan fingerprint density at radius 2 is 1.93 bits per heavy atom. The molecule has 28 heavy (non-hydrogen) atoms. The van der Waals surface area contributed by atoms with E-state index in [4.69, 9.17) is 9.47 Å². The quantitative estimate of drug-likeness (QED) is 0.730. The van der Waals surface area contributed by atoms with Gasteiger partial charge in [-0.1, -0.05) is 18.2 Å². The van der Waals surface area contributed by atoms with Gasteiger partial charge in [0, 0.05) is 12.7 Å². The van der Waals surface area contributed by atoms with Gasteiger partial charge in [-0.15, -0.1) is 0 Å². The zero-order chi connectivity index (χ0) is 20.8. The van der Waals surface area contributed by atoms with Gasteiger partial charge in [-0.2, -0.15) is 13.2 Å². The van der Waals surface area contributed by atoms with Crippen LogP contribution in [-0.2, 0) is 25.2 Å². The molecule has 2 aliphatic rings. The number of cyclic esters (lactones) is 1. The average molecular weight is 395 g/mol. The summed E-state index contributed by atoms with van der Waals surface area (Å²) in [7, 11) is 1.65. The van der Waals surface area contributed by atoms with Crippen molar-refractivity contribution in [3.63, 3.8) is 0 Å². The predicted molar refractivity (Wildman–Crippen MR) is 93.9 cm³/mol. The van der Waals surface area contributed by atoms with Crippen molar-refractivity contribution in [3.8, 4) is 0 Å². The fourth-order valence-electron chi connectivity index (χ4n) is 3.83. The SMILES string of the molecule is CCOC(=O)C1=C(C)N(C)C2=C(C(=O)OC2C)C1c1ccccc1C(F)(F)F. The Bertz CT molecular complexity index is 901. The Balaban J connectivity index is 2.32. The molecule has 0 saturated carbocycles. The zero-order valence-electron chi connectivity index (χ0n) is 15.9. The summed E-state index contributed by atoms with van der Waals surface area (Å²) in [6.07, 6.45) is -5.28. The number of ether oxygens (including phenoxy) is 2. The summed E-state index contributed by atoms with van der Waals surface area (Å²) in [6.45, 7) is 4.93. The predicted octanol–water partition coefficient (Wildman–Crippen LogP) is 3.77. The number of benzene rings is 1. The molecule has 0 bridgehead atoms. The first-order valence-corrected chi connectivity index (χ1v) is 8.82. The highest BCUT2D eigenvalue weighted by Crippen LogP contribution is 2.49. The second kappa shape index (κ2) is 7.00. The van der Waals surface area contributed by atoms with E-state index in [9.17, 15) is 22.8 Å². The first-order valence-electron chi connectivity index (χ1n) is 8.82. The van der Waals surface area contributed by atoms with Crippen molar-refractivity contribution in [1.29, 1.82) is 0 Å². The number of carbonyl (C=O) groups excluding carboxylic acids is 2. The molecule has 150 valence electrons. The molecule has 0 aromatic heterocycles. The summed E-state index contributed by atoms with van der Waals surface area (Å²) in [5, 5.41) is 0. The molecule has 2 aliphatic heterocycles. The molecule has 0 amide bonds. The molecular weight excluding hydrogens is 375 g/mol. The van der Waals surface area contributed by atoms with E-state index in [1.807, 2.05) is 0 Å². The maximum Gasteiger partial charge on any atom is 0.416 e. The Kier molecular flexibility index (Phi) is 4.99. The molecular formula is C20H20F3NO4. The third-order valence-electron chi connectivity index (χ3n) is 5.07. The monoisotopic (exact) mass is 395 g/mol. The van der Waals surface area contributed by atoms with Gasteiger partial charge in [-0.25, -0.2) is 9.59 Å². The first kappa shape index (κ1) is 20.0. The van der Waals surface area contributed by atoms with Crippen LogP contribution in [0.25, 0.3) is 0 Å². The fourth-order valence-corrected chi connectivity index (χ4v) is 3.83. The van der Waals surface area contributed by atoms with Crippen molar-refractivity contribution in [2.45, 2.75) is 39.0 Å². The summed E-state index contributed by atoms with van der Waals surface area (Å²) in [5.74, 6) is -2.71. The van der Waals surface area contributed by atoms with Crippen LogP contribution in [0, 0.1) is 0 Å². The Morgan fingerprint density at radius 1 is 1.29 bits per heavy atom. The van der Waals surface area contributed by atoms with Gasteiger partial charge >= 0.3 is 18.1 Å². The van der Waals surface area contributed by atoms with Gasteiger partial charge in [0.05, 0.1) is 34.9 Å². The first-order chi connectivity index (χ1) is 13.1. The van der Waals surface area contributed by atoms with Crippen molar-refractivity contribution < 1.29 is 32.2 Å². The Morgan fingerprint density at radius 3 is 2.54 bits per heavy atom. The van der Waals surface area contributed by atoms with Crippen molar-refractivity contribution >= 4 is 11.9 Å². The van der Waals surface area contributed by atoms with Crippen molar-refractivity contribution in [2.75, 3.05) is 13.7 Å². The third kappa shape index (κ3) is 3.06. The molecule has 0 fully saturated rings. The van der Waals surface area contributed by atoms with Crippen molar-refractivity contribution in [3.05, 3.63) is 57.9 Å². The van der Waals surface area contributed by atoms with Gasteiger partial charge in [0.2, 0.25) is 0 Å². The number of nitrogens with zero attached hydrogens (tertiary/aromatic N) is 1. The summed E-state index contributed by atoms with van der Waals surface area (Å²) in [4.78, 5) is 26.9. The Labute approximate surface area is 160 Å². The molecule has 3 rings (SSSR count). The largest absolute Gasteiger partial charge is 0.463 e. The highest BCUT2D eigenvalue weighted by molar-refractivity contribution is 6.01. The van der Waals surface area contributed by atoms with Crippen LogP contribution < -0.4 is 0 Å². The topological polar surface area (TPSA) is 55.8 Å². The number of hydrogen-bond donors (Lipinski definition) is 0. The number of likely N-dealkylation sites (N-methyl/N-ethyl adjacent to an activating group) is 1. The van der Waals surface area contributed by atoms with E-state index in [0.717, 1.165) is 6.07 Å². The molecule has 0 spiro atoms. The summed E-state index contributed by atoms with van der Waals surface area (Å²) in [5.41, 5.74) is -0.157. The number of hydrogen-bond acceptors (Lipinski definition) is 5. The minimum Gasteiger partial charge on any atom is -0.463 e. The average Bonchev–Trinajstić information content (AvgIpc) is 2.91. The molecule has 2 heterocycles. The van der Waals surface area contributed by atoms with Crippen LogP contribution in [0.2, 0.25) is 0 Å². The summed E-state index contributed by atoms with van der Waals surface area (Å²) >= 11 is 0. The second-order valence-corrected chi connectivity index (χ2v) is 6.64. The lowest BCUT2D eigenvalue weighted by molar-refractivity contribution is -0.141. The second-order valence-electron chi connectivity index (χ2n) is 6.64. The number of carbonyl (C=O) groups is 2. The summed E-state index contributed by atoms with van der Waals surface area (Å²) in [6, 6.07) is 4.94. The minimum absolute atomic E-state index is 0.00542. The summed E-state index contributed by atoms with van der Waals surface area (Å²) < 4.78 is 51.5. The van der Waals surface area contributed by atoms with Crippen LogP contribution >= 0.6 is 0 Å². The van der Waals surface area contributed by atoms with E-state index in [2.05, 4.69) is 0 Å². The molecule has 0 aliphatic carbocycles. The number of rotatable bonds is 3. The molecule has 0 saturated heterocycles. The molecule has 2 atom stereocenters. The van der Waals surface area contributed by atoms with Gasteiger partial charge in [0.1, 0.15) is 6.10 Å². The normalized spacial score (nSPS) is 22.4. The number of halogens is 3. The van der Waals surface area contributed by atoms with Crippen LogP contribution in [0.1, 0.15) is 37.8 Å². The van der Waals surface area contributed by atoms with Crippen LogP contribution in [-0.4, -0.2) is 36.6 Å². The molecule has 0 N–H and O–H groups in total. The molecule has 5 nitrogen and oxygen atoms in total. The lowest BCUT2D eigenvalue weighted by Crippen LogP contribution is -2.33. The highest BCUT2D eigenvalue weighted by Gasteiger charge is 2.48. The third-order valence-corrected chi connectivity index (χ3v) is 5.07. The fraction of sp³-hybridized carbons (Fsp3) is 0.400. The lowest BCUT2D eigenvalue weighted by Gasteiger charge is -2.35. The van der Waals surface area contributed by atoms with Gasteiger partial charge in [0.25, 0.3) is 0 Å². The van der Waals surface area contributed by atoms with E-state index < -0.39 is 35.7 Å². The number of alkyl halides is 3. The van der Waals surface area contributed by atoms with E-state index >= 15 is 0 Å². The van der Waals surface area contributed by atoms with Gasteiger partial charge in [0.15, 0.2) is 0 Å². The van der Waals surface area contributed by atoms with Gasteiger partial charge in [-0.3, -0.25) is 0 Å². The van der Waals surface area contributed by atoms with Crippen LogP contribution in [0.3, 0.4) is 0 Å².